The predicted molar refractivity (Wildman–Crippen MR) is 122 cm³/mol. The Morgan fingerprint density at radius 2 is 1.90 bits per heavy atom. The van der Waals surface area contributed by atoms with Gasteiger partial charge in [-0.15, -0.1) is 0 Å². The Hall–Kier alpha value is -3.17. The highest BCUT2D eigenvalue weighted by Gasteiger charge is 2.11. The highest BCUT2D eigenvalue weighted by Crippen LogP contribution is 2.19. The van der Waals surface area contributed by atoms with Crippen LogP contribution in [0.25, 0.3) is 0 Å². The van der Waals surface area contributed by atoms with Crippen LogP contribution in [-0.2, 0) is 9.53 Å². The molecule has 0 heterocycles. The fraction of sp³-hybridized carbons (Fsp3) is 0.192. The molecule has 0 aromatic heterocycles. The minimum absolute atomic E-state index is 0.239. The van der Waals surface area contributed by atoms with E-state index in [9.17, 15) is 9.90 Å². The molecule has 1 aliphatic carbocycles. The van der Waals surface area contributed by atoms with Crippen LogP contribution >= 0.6 is 0 Å². The van der Waals surface area contributed by atoms with Gasteiger partial charge < -0.3 is 9.84 Å². The number of allylic oxidation sites excluding steroid dienone is 14. The molecular formula is C26H30O3. The van der Waals surface area contributed by atoms with Gasteiger partial charge in [-0.3, -0.25) is 0 Å². The molecule has 3 heteroatoms. The molecule has 2 atom stereocenters. The zero-order valence-corrected chi connectivity index (χ0v) is 17.2. The fourth-order valence-electron chi connectivity index (χ4n) is 2.49. The van der Waals surface area contributed by atoms with Gasteiger partial charge in [0.1, 0.15) is 0 Å². The van der Waals surface area contributed by atoms with Gasteiger partial charge in [-0.25, -0.2) is 4.79 Å². The van der Waals surface area contributed by atoms with E-state index >= 15 is 0 Å². The molecule has 0 fully saturated rings. The van der Waals surface area contributed by atoms with Gasteiger partial charge in [0.05, 0.1) is 18.8 Å². The summed E-state index contributed by atoms with van der Waals surface area (Å²) in [4.78, 5) is 11.5. The number of esters is 1. The van der Waals surface area contributed by atoms with Gasteiger partial charge in [-0.1, -0.05) is 104 Å². The Morgan fingerprint density at radius 1 is 1.17 bits per heavy atom. The summed E-state index contributed by atoms with van der Waals surface area (Å²) in [6.45, 7) is 9.14. The molecular weight excluding hydrogens is 360 g/mol. The monoisotopic (exact) mass is 390 g/mol. The van der Waals surface area contributed by atoms with Gasteiger partial charge in [-0.2, -0.15) is 0 Å². The highest BCUT2D eigenvalue weighted by atomic mass is 16.5. The largest absolute Gasteiger partial charge is 0.465 e. The third-order valence-corrected chi connectivity index (χ3v) is 4.14. The first-order chi connectivity index (χ1) is 14.0. The lowest BCUT2D eigenvalue weighted by atomic mass is 9.95. The number of hydrogen-bond acceptors (Lipinski definition) is 3. The van der Waals surface area contributed by atoms with Gasteiger partial charge in [0.25, 0.3) is 0 Å². The lowest BCUT2D eigenvalue weighted by Gasteiger charge is -2.11. The molecule has 0 aromatic carbocycles. The molecule has 152 valence electrons. The van der Waals surface area contributed by atoms with Crippen molar-refractivity contribution in [2.45, 2.75) is 19.4 Å². The normalized spacial score (nSPS) is 19.3. The minimum atomic E-state index is -0.527. The van der Waals surface area contributed by atoms with Crippen molar-refractivity contribution in [3.05, 3.63) is 121 Å². The van der Waals surface area contributed by atoms with E-state index in [-0.39, 0.29) is 11.9 Å². The summed E-state index contributed by atoms with van der Waals surface area (Å²) in [5.41, 5.74) is 2.39. The van der Waals surface area contributed by atoms with Gasteiger partial charge in [0, 0.05) is 0 Å². The van der Waals surface area contributed by atoms with Crippen LogP contribution in [0.5, 0.6) is 0 Å². The Labute approximate surface area is 174 Å². The van der Waals surface area contributed by atoms with E-state index in [2.05, 4.69) is 19.2 Å². The molecule has 0 spiro atoms. The number of rotatable bonds is 10. The van der Waals surface area contributed by atoms with E-state index < -0.39 is 6.10 Å². The molecule has 1 N–H and O–H groups in total. The zero-order chi connectivity index (χ0) is 21.5. The second-order valence-electron chi connectivity index (χ2n) is 6.35. The number of aliphatic hydroxyl groups excluding tert-OH is 1. The van der Waals surface area contributed by atoms with Gasteiger partial charge in [-0.05, 0) is 30.4 Å². The molecule has 1 aliphatic rings. The van der Waals surface area contributed by atoms with Crippen molar-refractivity contribution < 1.29 is 14.6 Å². The lowest BCUT2D eigenvalue weighted by molar-refractivity contribution is -0.135. The topological polar surface area (TPSA) is 46.5 Å². The van der Waals surface area contributed by atoms with E-state index in [0.717, 1.165) is 17.6 Å². The number of ether oxygens (including phenoxy) is 1. The van der Waals surface area contributed by atoms with Crippen molar-refractivity contribution in [3.63, 3.8) is 0 Å². The summed E-state index contributed by atoms with van der Waals surface area (Å²) in [6, 6.07) is 0. The first kappa shape index (κ1) is 23.9. The van der Waals surface area contributed by atoms with Crippen LogP contribution in [0.3, 0.4) is 0 Å². The number of aliphatic hydroxyl groups is 1. The molecule has 0 aliphatic heterocycles. The number of carbonyl (C=O) groups excluding carboxylic acids is 1. The van der Waals surface area contributed by atoms with Gasteiger partial charge in [0.2, 0.25) is 0 Å². The van der Waals surface area contributed by atoms with Crippen LogP contribution < -0.4 is 0 Å². The summed E-state index contributed by atoms with van der Waals surface area (Å²) in [5.74, 6) is -0.0648. The molecule has 0 aromatic rings. The lowest BCUT2D eigenvalue weighted by Crippen LogP contribution is -2.06. The van der Waals surface area contributed by atoms with Gasteiger partial charge >= 0.3 is 5.97 Å². The Balaban J connectivity index is 2.63. The fourth-order valence-corrected chi connectivity index (χ4v) is 2.49. The predicted octanol–water partition coefficient (Wildman–Crippen LogP) is 5.49. The van der Waals surface area contributed by atoms with Crippen LogP contribution in [0.2, 0.25) is 0 Å². The molecule has 0 radical (unpaired) electrons. The van der Waals surface area contributed by atoms with E-state index in [1.165, 1.54) is 7.11 Å². The summed E-state index contributed by atoms with van der Waals surface area (Å²) in [5, 5.41) is 9.51. The van der Waals surface area contributed by atoms with E-state index in [1.54, 1.807) is 25.2 Å². The van der Waals surface area contributed by atoms with Crippen LogP contribution in [0.4, 0.5) is 0 Å². The summed E-state index contributed by atoms with van der Waals surface area (Å²) >= 11 is 0. The van der Waals surface area contributed by atoms with Gasteiger partial charge in [0.15, 0.2) is 0 Å². The van der Waals surface area contributed by atoms with Crippen molar-refractivity contribution in [2.24, 2.45) is 5.92 Å². The van der Waals surface area contributed by atoms with Crippen LogP contribution in [0.1, 0.15) is 13.3 Å². The van der Waals surface area contributed by atoms with E-state index in [1.807, 2.05) is 66.8 Å². The molecule has 0 saturated carbocycles. The standard InChI is InChI=1S/C26H30O3/c1-5-12-22(13-10-8-7-9-11-14-24(6-2)21(3)27)15-16-23-17-19-25(20-18-23)26(28)29-4/h5-17,19-21,23,27H,1-2,18H2,3-4H3/b8-7+,11-9+,13-10+,16-15+,22-12+,24-14+. The van der Waals surface area contributed by atoms with Crippen molar-refractivity contribution >= 4 is 5.97 Å². The Kier molecular flexibility index (Phi) is 11.5. The Morgan fingerprint density at radius 3 is 2.48 bits per heavy atom. The van der Waals surface area contributed by atoms with Crippen molar-refractivity contribution in [2.75, 3.05) is 7.11 Å². The number of methoxy groups -OCH3 is 1. The zero-order valence-electron chi connectivity index (χ0n) is 17.2. The molecule has 3 nitrogen and oxygen atoms in total. The molecule has 1 rings (SSSR count). The third-order valence-electron chi connectivity index (χ3n) is 4.14. The average Bonchev–Trinajstić information content (AvgIpc) is 2.73. The Bertz CT molecular complexity index is 809. The maximum Gasteiger partial charge on any atom is 0.337 e. The quantitative estimate of drug-likeness (QED) is 0.396. The maximum absolute atomic E-state index is 11.5. The third kappa shape index (κ3) is 9.54. The molecule has 2 unspecified atom stereocenters. The average molecular weight is 391 g/mol. The van der Waals surface area contributed by atoms with Crippen molar-refractivity contribution in [1.82, 2.24) is 0 Å². The SMILES string of the molecule is C=C/C=C(\C=C\C=C\C=C\C=C(/C=C)C(C)O)/C=C/C1C=CC(C(=O)OC)=CC1. The van der Waals surface area contributed by atoms with Crippen LogP contribution in [0, 0.1) is 5.92 Å². The smallest absolute Gasteiger partial charge is 0.337 e. The number of hydrogen-bond donors (Lipinski definition) is 1. The first-order valence-corrected chi connectivity index (χ1v) is 9.51. The molecule has 0 bridgehead atoms. The van der Waals surface area contributed by atoms with E-state index in [0.29, 0.717) is 5.57 Å². The summed E-state index contributed by atoms with van der Waals surface area (Å²) in [7, 11) is 1.39. The first-order valence-electron chi connectivity index (χ1n) is 9.51. The van der Waals surface area contributed by atoms with Crippen LogP contribution in [-0.4, -0.2) is 24.3 Å². The second-order valence-corrected chi connectivity index (χ2v) is 6.35. The number of carbonyl (C=O) groups is 1. The van der Waals surface area contributed by atoms with Crippen LogP contribution in [0.15, 0.2) is 121 Å². The van der Waals surface area contributed by atoms with Crippen molar-refractivity contribution in [3.8, 4) is 0 Å². The highest BCUT2D eigenvalue weighted by molar-refractivity contribution is 5.91. The maximum atomic E-state index is 11.5. The molecule has 0 saturated heterocycles. The summed E-state index contributed by atoms with van der Waals surface area (Å²) in [6.07, 6.45) is 28.7. The summed E-state index contributed by atoms with van der Waals surface area (Å²) < 4.78 is 4.73. The minimum Gasteiger partial charge on any atom is -0.465 e. The van der Waals surface area contributed by atoms with Crippen molar-refractivity contribution in [1.29, 1.82) is 0 Å². The molecule has 29 heavy (non-hydrogen) atoms. The molecule has 0 amide bonds. The second kappa shape index (κ2) is 13.9. The van der Waals surface area contributed by atoms with E-state index in [4.69, 9.17) is 4.74 Å².